The average molecular weight is 291 g/mol. The van der Waals surface area contributed by atoms with E-state index in [1.54, 1.807) is 11.3 Å². The van der Waals surface area contributed by atoms with Crippen molar-refractivity contribution < 1.29 is 4.79 Å². The summed E-state index contributed by atoms with van der Waals surface area (Å²) in [6.45, 7) is 2.94. The zero-order valence-electron chi connectivity index (χ0n) is 11.9. The fourth-order valence-electron chi connectivity index (χ4n) is 3.64. The van der Waals surface area contributed by atoms with Crippen LogP contribution in [0.1, 0.15) is 55.4 Å². The molecule has 1 atom stereocenters. The Morgan fingerprint density at radius 3 is 2.80 bits per heavy atom. The van der Waals surface area contributed by atoms with Crippen molar-refractivity contribution in [1.82, 2.24) is 15.2 Å². The van der Waals surface area contributed by atoms with Gasteiger partial charge in [-0.3, -0.25) is 10.1 Å². The van der Waals surface area contributed by atoms with Crippen LogP contribution >= 0.6 is 11.3 Å². The van der Waals surface area contributed by atoms with E-state index in [1.165, 1.54) is 25.7 Å². The van der Waals surface area contributed by atoms with Crippen molar-refractivity contribution in [3.05, 3.63) is 16.1 Å². The Morgan fingerprint density at radius 2 is 2.20 bits per heavy atom. The molecule has 108 valence electrons. The second-order valence-electron chi connectivity index (χ2n) is 6.53. The lowest BCUT2D eigenvalue weighted by Gasteiger charge is -2.22. The Kier molecular flexibility index (Phi) is 2.89. The highest BCUT2D eigenvalue weighted by atomic mass is 32.1. The Morgan fingerprint density at radius 1 is 1.45 bits per heavy atom. The molecule has 0 aromatic carbocycles. The van der Waals surface area contributed by atoms with Gasteiger partial charge in [-0.15, -0.1) is 11.3 Å². The van der Waals surface area contributed by atoms with Gasteiger partial charge in [-0.2, -0.15) is 0 Å². The number of rotatable bonds is 3. The van der Waals surface area contributed by atoms with Crippen molar-refractivity contribution in [2.24, 2.45) is 5.92 Å². The molecule has 2 saturated carbocycles. The van der Waals surface area contributed by atoms with E-state index in [0.717, 1.165) is 36.0 Å². The predicted octanol–water partition coefficient (Wildman–Crippen LogP) is 2.60. The molecule has 1 N–H and O–H groups in total. The van der Waals surface area contributed by atoms with E-state index in [-0.39, 0.29) is 11.7 Å². The number of carbonyl (C=O) groups excluding carboxylic acids is 1. The van der Waals surface area contributed by atoms with E-state index in [0.29, 0.717) is 5.91 Å². The summed E-state index contributed by atoms with van der Waals surface area (Å²) in [6, 6.07) is 0. The first kappa shape index (κ1) is 12.8. The van der Waals surface area contributed by atoms with Crippen molar-refractivity contribution in [3.63, 3.8) is 0 Å². The van der Waals surface area contributed by atoms with Crippen LogP contribution in [-0.2, 0) is 4.79 Å². The van der Waals surface area contributed by atoms with Crippen LogP contribution in [0.25, 0.3) is 0 Å². The Bertz CT molecular complexity index is 531. The second kappa shape index (κ2) is 4.53. The lowest BCUT2D eigenvalue weighted by molar-refractivity contribution is -0.133. The SMILES string of the molecule is Cc1nc([C@H]2NC3(CCCC3)C(=O)N2CC2CC2)cs1. The molecule has 5 heteroatoms. The molecule has 1 spiro atoms. The van der Waals surface area contributed by atoms with Gasteiger partial charge in [0.15, 0.2) is 0 Å². The minimum atomic E-state index is -0.281. The number of nitrogens with zero attached hydrogens (tertiary/aromatic N) is 2. The van der Waals surface area contributed by atoms with Gasteiger partial charge in [0.1, 0.15) is 6.17 Å². The topological polar surface area (TPSA) is 45.2 Å². The number of carbonyl (C=O) groups is 1. The van der Waals surface area contributed by atoms with Crippen LogP contribution in [0.15, 0.2) is 5.38 Å². The molecule has 1 amide bonds. The Labute approximate surface area is 123 Å². The quantitative estimate of drug-likeness (QED) is 0.931. The number of amides is 1. The normalized spacial score (nSPS) is 28.8. The van der Waals surface area contributed by atoms with Crippen molar-refractivity contribution >= 4 is 17.2 Å². The van der Waals surface area contributed by atoms with Gasteiger partial charge in [0.05, 0.1) is 16.2 Å². The number of aryl methyl sites for hydroxylation is 1. The molecule has 20 heavy (non-hydrogen) atoms. The molecule has 2 heterocycles. The molecule has 1 aromatic heterocycles. The van der Waals surface area contributed by atoms with Gasteiger partial charge in [-0.25, -0.2) is 4.98 Å². The van der Waals surface area contributed by atoms with E-state index < -0.39 is 0 Å². The number of hydrogen-bond donors (Lipinski definition) is 1. The first-order valence-corrected chi connectivity index (χ1v) is 8.57. The van der Waals surface area contributed by atoms with Crippen molar-refractivity contribution in [1.29, 1.82) is 0 Å². The summed E-state index contributed by atoms with van der Waals surface area (Å²) in [6.07, 6.45) is 6.88. The molecule has 4 nitrogen and oxygen atoms in total. The van der Waals surface area contributed by atoms with Crippen LogP contribution in [0.3, 0.4) is 0 Å². The van der Waals surface area contributed by atoms with Crippen LogP contribution in [0.5, 0.6) is 0 Å². The molecule has 3 fully saturated rings. The van der Waals surface area contributed by atoms with E-state index in [2.05, 4.69) is 20.6 Å². The van der Waals surface area contributed by atoms with Crippen LogP contribution in [0.4, 0.5) is 0 Å². The van der Waals surface area contributed by atoms with Crippen molar-refractivity contribution in [3.8, 4) is 0 Å². The summed E-state index contributed by atoms with van der Waals surface area (Å²) in [7, 11) is 0. The Balaban J connectivity index is 1.65. The lowest BCUT2D eigenvalue weighted by Crippen LogP contribution is -2.44. The molecule has 0 unspecified atom stereocenters. The molecule has 2 aliphatic carbocycles. The maximum absolute atomic E-state index is 12.9. The predicted molar refractivity (Wildman–Crippen MR) is 78.4 cm³/mol. The van der Waals surface area contributed by atoms with Crippen LogP contribution in [0.2, 0.25) is 0 Å². The van der Waals surface area contributed by atoms with Crippen molar-refractivity contribution in [2.45, 2.75) is 57.2 Å². The third-order valence-electron chi connectivity index (χ3n) is 4.92. The molecular weight excluding hydrogens is 270 g/mol. The molecule has 4 rings (SSSR count). The van der Waals surface area contributed by atoms with Gasteiger partial charge in [-0.05, 0) is 38.5 Å². The van der Waals surface area contributed by atoms with Crippen molar-refractivity contribution in [2.75, 3.05) is 6.54 Å². The monoisotopic (exact) mass is 291 g/mol. The van der Waals surface area contributed by atoms with Crippen LogP contribution in [0, 0.1) is 12.8 Å². The van der Waals surface area contributed by atoms with E-state index in [1.807, 2.05) is 6.92 Å². The van der Waals surface area contributed by atoms with Gasteiger partial charge in [0.25, 0.3) is 0 Å². The smallest absolute Gasteiger partial charge is 0.244 e. The van der Waals surface area contributed by atoms with E-state index in [9.17, 15) is 4.79 Å². The highest BCUT2D eigenvalue weighted by Gasteiger charge is 2.53. The van der Waals surface area contributed by atoms with Crippen LogP contribution in [-0.4, -0.2) is 27.9 Å². The number of nitrogens with one attached hydrogen (secondary N) is 1. The molecular formula is C15H21N3OS. The first-order chi connectivity index (χ1) is 9.68. The summed E-state index contributed by atoms with van der Waals surface area (Å²) < 4.78 is 0. The number of aromatic nitrogens is 1. The fraction of sp³-hybridized carbons (Fsp3) is 0.733. The van der Waals surface area contributed by atoms with Gasteiger partial charge < -0.3 is 4.90 Å². The Hall–Kier alpha value is -0.940. The molecule has 0 radical (unpaired) electrons. The first-order valence-electron chi connectivity index (χ1n) is 7.69. The van der Waals surface area contributed by atoms with Gasteiger partial charge >= 0.3 is 0 Å². The fourth-order valence-corrected chi connectivity index (χ4v) is 4.27. The summed E-state index contributed by atoms with van der Waals surface area (Å²) in [4.78, 5) is 19.6. The minimum Gasteiger partial charge on any atom is -0.319 e. The van der Waals surface area contributed by atoms with Gasteiger partial charge in [-0.1, -0.05) is 12.8 Å². The summed E-state index contributed by atoms with van der Waals surface area (Å²) >= 11 is 1.67. The standard InChI is InChI=1S/C15H21N3OS/c1-10-16-12(9-20-10)13-17-15(6-2-3-7-15)14(19)18(13)8-11-4-5-11/h9,11,13,17H,2-8H2,1H3/t13-/m0/s1. The highest BCUT2D eigenvalue weighted by molar-refractivity contribution is 7.09. The summed E-state index contributed by atoms with van der Waals surface area (Å²) in [5.74, 6) is 1.05. The van der Waals surface area contributed by atoms with E-state index in [4.69, 9.17) is 0 Å². The molecule has 3 aliphatic rings. The largest absolute Gasteiger partial charge is 0.319 e. The second-order valence-corrected chi connectivity index (χ2v) is 7.59. The maximum Gasteiger partial charge on any atom is 0.244 e. The summed E-state index contributed by atoms with van der Waals surface area (Å²) in [5.41, 5.74) is 0.752. The third-order valence-corrected chi connectivity index (χ3v) is 5.71. The molecule has 0 bridgehead atoms. The van der Waals surface area contributed by atoms with Gasteiger partial charge in [0, 0.05) is 11.9 Å². The average Bonchev–Trinajstić information content (AvgIpc) is 2.85. The molecule has 1 saturated heterocycles. The molecule has 1 aliphatic heterocycles. The van der Waals surface area contributed by atoms with Gasteiger partial charge in [0.2, 0.25) is 5.91 Å². The van der Waals surface area contributed by atoms with E-state index >= 15 is 0 Å². The number of thiazole rings is 1. The third kappa shape index (κ3) is 1.99. The number of hydrogen-bond acceptors (Lipinski definition) is 4. The minimum absolute atomic E-state index is 0.00569. The van der Waals surface area contributed by atoms with Crippen LogP contribution < -0.4 is 5.32 Å². The lowest BCUT2D eigenvalue weighted by atomic mass is 9.98. The highest BCUT2D eigenvalue weighted by Crippen LogP contribution is 2.43. The summed E-state index contributed by atoms with van der Waals surface area (Å²) in [5, 5.41) is 6.83. The zero-order valence-corrected chi connectivity index (χ0v) is 12.7. The zero-order chi connectivity index (χ0) is 13.7. The maximum atomic E-state index is 12.9. The molecule has 1 aromatic rings.